The number of thioether (sulfide) groups is 1. The van der Waals surface area contributed by atoms with Gasteiger partial charge in [-0.25, -0.2) is 0 Å². The van der Waals surface area contributed by atoms with Crippen LogP contribution < -0.4 is 19.7 Å². The number of benzene rings is 3. The summed E-state index contributed by atoms with van der Waals surface area (Å²) < 4.78 is 10.6. The van der Waals surface area contributed by atoms with E-state index in [1.54, 1.807) is 55.6 Å². The van der Waals surface area contributed by atoms with Gasteiger partial charge in [0, 0.05) is 5.69 Å². The van der Waals surface area contributed by atoms with E-state index in [4.69, 9.17) is 9.47 Å². The average molecular weight is 528 g/mol. The van der Waals surface area contributed by atoms with Gasteiger partial charge in [0.25, 0.3) is 5.91 Å². The number of anilines is 2. The maximum absolute atomic E-state index is 13.7. The van der Waals surface area contributed by atoms with Crippen LogP contribution in [0.15, 0.2) is 83.4 Å². The minimum Gasteiger partial charge on any atom is -0.497 e. The van der Waals surface area contributed by atoms with Crippen molar-refractivity contribution in [2.24, 2.45) is 0 Å². The van der Waals surface area contributed by atoms with E-state index >= 15 is 0 Å². The fraction of sp³-hybridized carbons (Fsp3) is 0.233. The minimum atomic E-state index is -0.618. The number of para-hydroxylation sites is 2. The molecule has 0 aliphatic carbocycles. The van der Waals surface area contributed by atoms with Crippen LogP contribution >= 0.6 is 11.8 Å². The van der Waals surface area contributed by atoms with Crippen LogP contribution in [0.4, 0.5) is 11.4 Å². The van der Waals surface area contributed by atoms with E-state index in [2.05, 4.69) is 31.3 Å². The first-order valence-electron chi connectivity index (χ1n) is 12.2. The lowest BCUT2D eigenvalue weighted by Crippen LogP contribution is -2.30. The zero-order valence-corrected chi connectivity index (χ0v) is 22.5. The largest absolute Gasteiger partial charge is 0.497 e. The third-order valence-electron chi connectivity index (χ3n) is 6.26. The second-order valence-electron chi connectivity index (χ2n) is 9.02. The van der Waals surface area contributed by atoms with Gasteiger partial charge in [0.1, 0.15) is 28.2 Å². The number of nitriles is 1. The highest BCUT2D eigenvalue weighted by Crippen LogP contribution is 2.42. The number of hydrogen-bond acceptors (Lipinski definition) is 6. The number of carbonyl (C=O) groups excluding carboxylic acids is 2. The topological polar surface area (TPSA) is 91.7 Å². The predicted molar refractivity (Wildman–Crippen MR) is 150 cm³/mol. The van der Waals surface area contributed by atoms with Gasteiger partial charge in [-0.1, -0.05) is 62.0 Å². The van der Waals surface area contributed by atoms with Crippen LogP contribution in [0.25, 0.3) is 0 Å². The Morgan fingerprint density at radius 2 is 1.71 bits per heavy atom. The standard InChI is InChI=1S/C30H29N3O4S/c1-19(2)21-11-9-20(10-12-21)17-27-29(35)33(22-13-15-23(36-3)16-14-22)30(38-27)24(18-31)28(34)32-25-7-5-6-8-26(25)37-4/h5-16,19,27H,17H2,1-4H3,(H,32,34)/b30-24-. The Balaban J connectivity index is 1.71. The molecular weight excluding hydrogens is 498 g/mol. The molecule has 3 aromatic carbocycles. The molecule has 0 radical (unpaired) electrons. The van der Waals surface area contributed by atoms with Crippen LogP contribution in [-0.2, 0) is 16.0 Å². The second-order valence-corrected chi connectivity index (χ2v) is 10.2. The zero-order chi connectivity index (χ0) is 27.2. The van der Waals surface area contributed by atoms with Crippen molar-refractivity contribution < 1.29 is 19.1 Å². The SMILES string of the molecule is COc1ccc(N2C(=O)C(Cc3ccc(C(C)C)cc3)S/C2=C(/C#N)C(=O)Nc2ccccc2OC)cc1. The molecule has 8 heteroatoms. The Labute approximate surface area is 227 Å². The summed E-state index contributed by atoms with van der Waals surface area (Å²) in [5, 5.41) is 12.6. The second kappa shape index (κ2) is 11.9. The maximum atomic E-state index is 13.7. The summed E-state index contributed by atoms with van der Waals surface area (Å²) in [7, 11) is 3.07. The van der Waals surface area contributed by atoms with E-state index in [1.165, 1.54) is 29.3 Å². The van der Waals surface area contributed by atoms with Crippen molar-refractivity contribution in [1.82, 2.24) is 0 Å². The van der Waals surface area contributed by atoms with E-state index in [0.717, 1.165) is 5.56 Å². The highest BCUT2D eigenvalue weighted by Gasteiger charge is 2.41. The van der Waals surface area contributed by atoms with Crippen LogP contribution in [0.1, 0.15) is 30.9 Å². The first-order chi connectivity index (χ1) is 18.4. The molecule has 0 saturated carbocycles. The molecule has 1 heterocycles. The summed E-state index contributed by atoms with van der Waals surface area (Å²) in [6, 6.07) is 24.2. The molecule has 3 aromatic rings. The van der Waals surface area contributed by atoms with Crippen LogP contribution in [0, 0.1) is 11.3 Å². The van der Waals surface area contributed by atoms with Crippen LogP contribution in [0.3, 0.4) is 0 Å². The monoisotopic (exact) mass is 527 g/mol. The summed E-state index contributed by atoms with van der Waals surface area (Å²) in [5.41, 5.74) is 3.06. The molecule has 0 aromatic heterocycles. The maximum Gasteiger partial charge on any atom is 0.269 e. The number of methoxy groups -OCH3 is 2. The van der Waals surface area contributed by atoms with Gasteiger partial charge in [-0.3, -0.25) is 14.5 Å². The molecule has 1 aliphatic heterocycles. The molecule has 38 heavy (non-hydrogen) atoms. The molecule has 194 valence electrons. The smallest absolute Gasteiger partial charge is 0.269 e. The van der Waals surface area contributed by atoms with Gasteiger partial charge in [-0.2, -0.15) is 5.26 Å². The lowest BCUT2D eigenvalue weighted by molar-refractivity contribution is -0.117. The molecule has 1 N–H and O–H groups in total. The van der Waals surface area contributed by atoms with Crippen LogP contribution in [-0.4, -0.2) is 31.3 Å². The highest BCUT2D eigenvalue weighted by atomic mass is 32.2. The van der Waals surface area contributed by atoms with Gasteiger partial charge in [0.05, 0.1) is 25.2 Å². The highest BCUT2D eigenvalue weighted by molar-refractivity contribution is 8.05. The Morgan fingerprint density at radius 3 is 2.32 bits per heavy atom. The lowest BCUT2D eigenvalue weighted by Gasteiger charge is -2.19. The summed E-state index contributed by atoms with van der Waals surface area (Å²) >= 11 is 1.23. The first kappa shape index (κ1) is 26.8. The van der Waals surface area contributed by atoms with Crippen LogP contribution in [0.5, 0.6) is 11.5 Å². The molecule has 0 spiro atoms. The van der Waals surface area contributed by atoms with Gasteiger partial charge in [0.15, 0.2) is 0 Å². The first-order valence-corrected chi connectivity index (χ1v) is 13.1. The molecule has 7 nitrogen and oxygen atoms in total. The van der Waals surface area contributed by atoms with E-state index in [0.29, 0.717) is 40.2 Å². The number of nitrogens with zero attached hydrogens (tertiary/aromatic N) is 2. The van der Waals surface area contributed by atoms with Crippen LogP contribution in [0.2, 0.25) is 0 Å². The summed E-state index contributed by atoms with van der Waals surface area (Å²) in [6.07, 6.45) is 0.463. The molecule has 1 unspecified atom stereocenters. The van der Waals surface area contributed by atoms with E-state index < -0.39 is 11.2 Å². The number of hydrogen-bond donors (Lipinski definition) is 1. The number of carbonyl (C=O) groups is 2. The van der Waals surface area contributed by atoms with Crippen molar-refractivity contribution in [1.29, 1.82) is 5.26 Å². The minimum absolute atomic E-state index is 0.150. The predicted octanol–water partition coefficient (Wildman–Crippen LogP) is 5.89. The molecule has 1 fully saturated rings. The van der Waals surface area contributed by atoms with Gasteiger partial charge in [0.2, 0.25) is 5.91 Å². The van der Waals surface area contributed by atoms with Crippen molar-refractivity contribution in [3.63, 3.8) is 0 Å². The summed E-state index contributed by atoms with van der Waals surface area (Å²) in [4.78, 5) is 28.5. The van der Waals surface area contributed by atoms with Gasteiger partial charge in [-0.05, 0) is 59.9 Å². The molecular formula is C30H29N3O4S. The zero-order valence-electron chi connectivity index (χ0n) is 21.7. The molecule has 2 amide bonds. The molecule has 1 aliphatic rings. The number of amides is 2. The van der Waals surface area contributed by atoms with E-state index in [1.807, 2.05) is 18.2 Å². The molecule has 1 atom stereocenters. The van der Waals surface area contributed by atoms with E-state index in [-0.39, 0.29) is 11.5 Å². The molecule has 4 rings (SSSR count). The summed E-state index contributed by atoms with van der Waals surface area (Å²) in [6.45, 7) is 4.27. The van der Waals surface area contributed by atoms with Crippen molar-refractivity contribution >= 4 is 35.0 Å². The lowest BCUT2D eigenvalue weighted by atomic mass is 10.00. The molecule has 1 saturated heterocycles. The van der Waals surface area contributed by atoms with Crippen molar-refractivity contribution in [2.45, 2.75) is 31.4 Å². The Morgan fingerprint density at radius 1 is 1.03 bits per heavy atom. The number of ether oxygens (including phenoxy) is 2. The third-order valence-corrected chi connectivity index (χ3v) is 7.52. The summed E-state index contributed by atoms with van der Waals surface area (Å²) in [5.74, 6) is 0.697. The van der Waals surface area contributed by atoms with Gasteiger partial charge < -0.3 is 14.8 Å². The normalized spacial score (nSPS) is 16.3. The Hall–Kier alpha value is -4.22. The van der Waals surface area contributed by atoms with Crippen molar-refractivity contribution in [3.05, 3.63) is 94.5 Å². The van der Waals surface area contributed by atoms with E-state index in [9.17, 15) is 14.9 Å². The number of rotatable bonds is 8. The fourth-order valence-corrected chi connectivity index (χ4v) is 5.45. The third kappa shape index (κ3) is 5.68. The quantitative estimate of drug-likeness (QED) is 0.290. The van der Waals surface area contributed by atoms with Gasteiger partial charge in [-0.15, -0.1) is 0 Å². The molecule has 0 bridgehead atoms. The van der Waals surface area contributed by atoms with Gasteiger partial charge >= 0.3 is 0 Å². The van der Waals surface area contributed by atoms with Crippen molar-refractivity contribution in [3.8, 4) is 17.6 Å². The fourth-order valence-electron chi connectivity index (χ4n) is 4.14. The Bertz CT molecular complexity index is 1390. The average Bonchev–Trinajstić information content (AvgIpc) is 3.24. The number of nitrogens with one attached hydrogen (secondary N) is 1. The van der Waals surface area contributed by atoms with Crippen molar-refractivity contribution in [2.75, 3.05) is 24.4 Å². The Kier molecular flexibility index (Phi) is 8.39.